The van der Waals surface area contributed by atoms with E-state index < -0.39 is 23.8 Å². The third-order valence-electron chi connectivity index (χ3n) is 7.09. The van der Waals surface area contributed by atoms with Crippen LogP contribution in [0.3, 0.4) is 0 Å². The molecule has 0 saturated heterocycles. The Kier molecular flexibility index (Phi) is 5.18. The molecule has 3 saturated carbocycles. The van der Waals surface area contributed by atoms with Crippen LogP contribution in [0.4, 0.5) is 17.6 Å². The maximum Gasteiger partial charge on any atom is 0.252 e. The molecule has 0 aliphatic heterocycles. The van der Waals surface area contributed by atoms with Gasteiger partial charge in [0.25, 0.3) is 5.92 Å². The average molecular weight is 453 g/mol. The summed E-state index contributed by atoms with van der Waals surface area (Å²) in [5.74, 6) is -5.98. The number of alkyl halides is 4. The number of imidazole rings is 1. The van der Waals surface area contributed by atoms with Crippen molar-refractivity contribution in [2.75, 3.05) is 0 Å². The molecule has 0 aromatic carbocycles. The Bertz CT molecular complexity index is 1010. The van der Waals surface area contributed by atoms with E-state index >= 15 is 0 Å². The highest BCUT2D eigenvalue weighted by atomic mass is 19.3. The molecule has 0 radical (unpaired) electrons. The van der Waals surface area contributed by atoms with Gasteiger partial charge in [0.05, 0.1) is 23.5 Å². The first-order chi connectivity index (χ1) is 15.1. The van der Waals surface area contributed by atoms with Crippen molar-refractivity contribution in [2.45, 2.75) is 75.3 Å². The molecular weight excluding hydrogens is 426 g/mol. The minimum absolute atomic E-state index is 0.0574. The van der Waals surface area contributed by atoms with Gasteiger partial charge in [0.1, 0.15) is 0 Å². The number of nitrogens with one attached hydrogen (secondary N) is 1. The number of hydrogen-bond acceptors (Lipinski definition) is 4. The Morgan fingerprint density at radius 1 is 1.12 bits per heavy atom. The average Bonchev–Trinajstić information content (AvgIpc) is 3.62. The highest BCUT2D eigenvalue weighted by Crippen LogP contribution is 2.51. The number of carbonyl (C=O) groups is 1. The number of amides is 1. The van der Waals surface area contributed by atoms with E-state index in [4.69, 9.17) is 5.73 Å². The molecule has 2 aromatic rings. The number of fused-ring (bicyclic) bond motifs is 1. The predicted molar refractivity (Wildman–Crippen MR) is 108 cm³/mol. The van der Waals surface area contributed by atoms with Crippen molar-refractivity contribution < 1.29 is 22.4 Å². The quantitative estimate of drug-likeness (QED) is 0.617. The molecule has 5 rings (SSSR count). The number of aromatic nitrogens is 3. The first-order valence-corrected chi connectivity index (χ1v) is 11.3. The second-order valence-corrected chi connectivity index (χ2v) is 9.69. The highest BCUT2D eigenvalue weighted by Gasteiger charge is 2.57. The predicted octanol–water partition coefficient (Wildman–Crippen LogP) is 4.17. The van der Waals surface area contributed by atoms with Crippen LogP contribution in [0.15, 0.2) is 18.5 Å². The van der Waals surface area contributed by atoms with E-state index in [1.54, 1.807) is 22.9 Å². The maximum atomic E-state index is 13.5. The first-order valence-electron chi connectivity index (χ1n) is 11.3. The number of nitrogens with zero attached hydrogens (tertiary/aromatic N) is 3. The van der Waals surface area contributed by atoms with Crippen LogP contribution in [0.2, 0.25) is 0 Å². The summed E-state index contributed by atoms with van der Waals surface area (Å²) in [5.41, 5.74) is 7.59. The Hall–Kier alpha value is -2.23. The van der Waals surface area contributed by atoms with Crippen LogP contribution < -0.4 is 11.1 Å². The fourth-order valence-corrected chi connectivity index (χ4v) is 4.71. The number of nitrogens with two attached hydrogens (primary N) is 1. The van der Waals surface area contributed by atoms with Gasteiger partial charge in [-0.2, -0.15) is 0 Å². The summed E-state index contributed by atoms with van der Waals surface area (Å²) in [7, 11) is 0. The maximum absolute atomic E-state index is 13.5. The molecule has 2 aromatic heterocycles. The zero-order valence-corrected chi connectivity index (χ0v) is 17.6. The van der Waals surface area contributed by atoms with E-state index in [-0.39, 0.29) is 49.5 Å². The number of hydrogen-bond donors (Lipinski definition) is 2. The van der Waals surface area contributed by atoms with Gasteiger partial charge in [0, 0.05) is 44.0 Å². The van der Waals surface area contributed by atoms with Gasteiger partial charge in [-0.05, 0) is 43.6 Å². The molecular formula is C22H27F4N5O. The molecule has 2 heterocycles. The minimum Gasteiger partial charge on any atom is -0.347 e. The summed E-state index contributed by atoms with van der Waals surface area (Å²) in [5, 5.41) is 2.89. The Balaban J connectivity index is 1.30. The largest absolute Gasteiger partial charge is 0.347 e. The topological polar surface area (TPSA) is 85.3 Å². The van der Waals surface area contributed by atoms with Crippen LogP contribution in [0.1, 0.15) is 74.8 Å². The molecule has 1 unspecified atom stereocenters. The van der Waals surface area contributed by atoms with Gasteiger partial charge in [-0.3, -0.25) is 9.20 Å². The summed E-state index contributed by atoms with van der Waals surface area (Å²) in [4.78, 5) is 21.4. The molecule has 3 atom stereocenters. The third kappa shape index (κ3) is 4.46. The summed E-state index contributed by atoms with van der Waals surface area (Å²) in [6.45, 7) is 0. The molecule has 174 valence electrons. The van der Waals surface area contributed by atoms with E-state index in [0.29, 0.717) is 30.0 Å². The van der Waals surface area contributed by atoms with Gasteiger partial charge in [-0.25, -0.2) is 27.5 Å². The van der Waals surface area contributed by atoms with Crippen LogP contribution >= 0.6 is 0 Å². The van der Waals surface area contributed by atoms with Crippen molar-refractivity contribution in [3.8, 4) is 0 Å². The molecule has 3 aliphatic carbocycles. The lowest BCUT2D eigenvalue weighted by Gasteiger charge is -2.31. The lowest BCUT2D eigenvalue weighted by Crippen LogP contribution is -2.31. The van der Waals surface area contributed by atoms with Crippen LogP contribution in [-0.4, -0.2) is 32.1 Å². The number of halogens is 4. The Morgan fingerprint density at radius 3 is 2.41 bits per heavy atom. The van der Waals surface area contributed by atoms with Gasteiger partial charge in [0.15, 0.2) is 0 Å². The van der Waals surface area contributed by atoms with Gasteiger partial charge in [-0.15, -0.1) is 0 Å². The van der Waals surface area contributed by atoms with Gasteiger partial charge < -0.3 is 11.1 Å². The van der Waals surface area contributed by atoms with E-state index in [1.165, 1.54) is 0 Å². The van der Waals surface area contributed by atoms with Crippen LogP contribution in [0.25, 0.3) is 5.78 Å². The van der Waals surface area contributed by atoms with Crippen molar-refractivity contribution in [1.82, 2.24) is 19.7 Å². The second kappa shape index (κ2) is 7.67. The Morgan fingerprint density at radius 2 is 1.78 bits per heavy atom. The van der Waals surface area contributed by atoms with Crippen LogP contribution in [-0.2, 0) is 4.79 Å². The second-order valence-electron chi connectivity index (χ2n) is 9.69. The van der Waals surface area contributed by atoms with Gasteiger partial charge >= 0.3 is 0 Å². The monoisotopic (exact) mass is 453 g/mol. The Labute approximate surface area is 183 Å². The van der Waals surface area contributed by atoms with E-state index in [9.17, 15) is 22.4 Å². The lowest BCUT2D eigenvalue weighted by atomic mass is 9.81. The molecule has 0 spiro atoms. The summed E-state index contributed by atoms with van der Waals surface area (Å²) < 4.78 is 55.0. The van der Waals surface area contributed by atoms with Crippen molar-refractivity contribution in [3.05, 3.63) is 29.8 Å². The fraction of sp³-hybridized carbons (Fsp3) is 0.682. The lowest BCUT2D eigenvalue weighted by molar-refractivity contribution is -0.123. The highest BCUT2D eigenvalue weighted by molar-refractivity contribution is 5.77. The molecule has 6 nitrogen and oxygen atoms in total. The summed E-state index contributed by atoms with van der Waals surface area (Å²) in [6, 6.07) is 1.00. The first kappa shape index (κ1) is 21.6. The molecule has 3 fully saturated rings. The van der Waals surface area contributed by atoms with Crippen molar-refractivity contribution >= 4 is 11.7 Å². The zero-order chi connectivity index (χ0) is 22.7. The standard InChI is InChI=1S/C22H27F4N5O/c23-21(24)6-3-12(4-7-21)18(27)16-11-31-8-5-15(28-20(31)29-16)19(13-1-2-13)30-17(32)9-14-10-22(14,25)26/h5,8,11-14,18-19H,1-4,6-7,9-10,27H2,(H,30,32)/t14?,18-,19+/m0/s1. The zero-order valence-electron chi connectivity index (χ0n) is 17.6. The van der Waals surface area contributed by atoms with Crippen molar-refractivity contribution in [1.29, 1.82) is 0 Å². The van der Waals surface area contributed by atoms with Gasteiger partial charge in [-0.1, -0.05) is 0 Å². The third-order valence-corrected chi connectivity index (χ3v) is 7.09. The molecule has 32 heavy (non-hydrogen) atoms. The summed E-state index contributed by atoms with van der Waals surface area (Å²) in [6.07, 6.45) is 5.43. The summed E-state index contributed by atoms with van der Waals surface area (Å²) >= 11 is 0. The van der Waals surface area contributed by atoms with E-state index in [1.807, 2.05) is 0 Å². The normalized spacial score (nSPS) is 26.6. The minimum atomic E-state index is -2.72. The number of rotatable bonds is 7. The fourth-order valence-electron chi connectivity index (χ4n) is 4.71. The van der Waals surface area contributed by atoms with Crippen molar-refractivity contribution in [3.63, 3.8) is 0 Å². The van der Waals surface area contributed by atoms with Crippen molar-refractivity contribution in [2.24, 2.45) is 23.5 Å². The van der Waals surface area contributed by atoms with E-state index in [0.717, 1.165) is 12.8 Å². The SMILES string of the molecule is N[C@H](c1cn2ccc([C@H](NC(=O)CC3CC3(F)F)C3CC3)nc2n1)C1CCC(F)(F)CC1. The molecule has 1 amide bonds. The molecule has 10 heteroatoms. The molecule has 3 N–H and O–H groups in total. The van der Waals surface area contributed by atoms with E-state index in [2.05, 4.69) is 15.3 Å². The molecule has 0 bridgehead atoms. The van der Waals surface area contributed by atoms with Gasteiger partial charge in [0.2, 0.25) is 17.6 Å². The number of carbonyl (C=O) groups excluding carboxylic acids is 1. The van der Waals surface area contributed by atoms with Crippen LogP contribution in [0.5, 0.6) is 0 Å². The molecule has 3 aliphatic rings. The smallest absolute Gasteiger partial charge is 0.252 e. The van der Waals surface area contributed by atoms with Crippen LogP contribution in [0, 0.1) is 17.8 Å².